The fourth-order valence-electron chi connectivity index (χ4n) is 9.99. The molecule has 1 atom stereocenters. The molecule has 0 aromatic rings. The van der Waals surface area contributed by atoms with Crippen LogP contribution >= 0.6 is 0 Å². The summed E-state index contributed by atoms with van der Waals surface area (Å²) in [5.74, 6) is 0.0254. The van der Waals surface area contributed by atoms with Crippen molar-refractivity contribution in [1.82, 2.24) is 0 Å². The molecular weight excluding hydrogens is 865 g/mol. The van der Waals surface area contributed by atoms with E-state index in [1.165, 1.54) is 263 Å². The Hall–Kier alpha value is -1.59. The van der Waals surface area contributed by atoms with E-state index in [-0.39, 0.29) is 31.1 Å². The molecule has 0 rings (SSSR count). The summed E-state index contributed by atoms with van der Waals surface area (Å²) in [7, 11) is 0. The Morgan fingerprint density at radius 3 is 0.700 bits per heavy atom. The molecule has 0 aliphatic heterocycles. The van der Waals surface area contributed by atoms with Crippen molar-refractivity contribution in [3.8, 4) is 0 Å². The molecule has 6 heteroatoms. The SMILES string of the molecule is CCCCCCCCCCCCCCCCCCCCCC(=O)O[C@@H](COC(=O)CCCCCCCCCCCCCCCC)COC(=O)CCCCCCCCCCCCCCCCCCC(C)C. The molecule has 0 bridgehead atoms. The molecule has 0 aromatic carbocycles. The zero-order valence-corrected chi connectivity index (χ0v) is 48.0. The lowest BCUT2D eigenvalue weighted by molar-refractivity contribution is -0.167. The van der Waals surface area contributed by atoms with E-state index in [1.807, 2.05) is 0 Å². The number of hydrogen-bond donors (Lipinski definition) is 0. The first-order chi connectivity index (χ1) is 34.4. The Balaban J connectivity index is 4.27. The number of rotatable bonds is 59. The number of esters is 3. The average Bonchev–Trinajstić information content (AvgIpc) is 3.35. The molecule has 0 amide bonds. The van der Waals surface area contributed by atoms with Crippen LogP contribution in [0.5, 0.6) is 0 Å². The van der Waals surface area contributed by atoms with Crippen LogP contribution in [0.3, 0.4) is 0 Å². The van der Waals surface area contributed by atoms with Gasteiger partial charge in [-0.3, -0.25) is 14.4 Å². The van der Waals surface area contributed by atoms with Gasteiger partial charge in [-0.15, -0.1) is 0 Å². The van der Waals surface area contributed by atoms with Gasteiger partial charge in [-0.2, -0.15) is 0 Å². The quantitative estimate of drug-likeness (QED) is 0.0343. The van der Waals surface area contributed by atoms with E-state index < -0.39 is 6.10 Å². The number of carbonyl (C=O) groups excluding carboxylic acids is 3. The molecule has 0 aromatic heterocycles. The zero-order valence-electron chi connectivity index (χ0n) is 48.0. The zero-order chi connectivity index (χ0) is 50.9. The minimum Gasteiger partial charge on any atom is -0.462 e. The van der Waals surface area contributed by atoms with Crippen molar-refractivity contribution < 1.29 is 28.6 Å². The monoisotopic (exact) mass is 989 g/mol. The van der Waals surface area contributed by atoms with Crippen LogP contribution < -0.4 is 0 Å². The normalized spacial score (nSPS) is 12.0. The fourth-order valence-corrected chi connectivity index (χ4v) is 9.99. The third kappa shape index (κ3) is 57.3. The van der Waals surface area contributed by atoms with Crippen LogP contribution in [0.2, 0.25) is 0 Å². The summed E-state index contributed by atoms with van der Waals surface area (Å²) >= 11 is 0. The first kappa shape index (κ1) is 68.4. The molecule has 70 heavy (non-hydrogen) atoms. The van der Waals surface area contributed by atoms with Gasteiger partial charge < -0.3 is 14.2 Å². The summed E-state index contributed by atoms with van der Waals surface area (Å²) in [6.45, 7) is 9.10. The first-order valence-electron chi connectivity index (χ1n) is 31.9. The molecule has 0 radical (unpaired) electrons. The van der Waals surface area contributed by atoms with E-state index in [0.717, 1.165) is 63.7 Å². The van der Waals surface area contributed by atoms with Crippen molar-refractivity contribution in [2.75, 3.05) is 13.2 Å². The predicted octanol–water partition coefficient (Wildman–Crippen LogP) is 21.4. The van der Waals surface area contributed by atoms with Gasteiger partial charge >= 0.3 is 17.9 Å². The van der Waals surface area contributed by atoms with Gasteiger partial charge in [0, 0.05) is 19.3 Å². The van der Waals surface area contributed by atoms with Gasteiger partial charge in [0.2, 0.25) is 0 Å². The lowest BCUT2D eigenvalue weighted by Crippen LogP contribution is -2.30. The van der Waals surface area contributed by atoms with Crippen molar-refractivity contribution in [2.24, 2.45) is 5.92 Å². The second-order valence-electron chi connectivity index (χ2n) is 22.5. The van der Waals surface area contributed by atoms with E-state index >= 15 is 0 Å². The van der Waals surface area contributed by atoms with Crippen LogP contribution in [-0.4, -0.2) is 37.2 Å². The standard InChI is InChI=1S/C64H124O6/c1-5-7-9-11-13-15-17-19-21-22-23-24-29-33-37-41-45-49-53-57-64(67)70-61(58-68-62(65)55-51-47-43-39-35-31-20-18-16-14-12-10-8-6-2)59-69-63(66)56-52-48-44-40-36-32-28-26-25-27-30-34-38-42-46-50-54-60(3)4/h60-61H,5-59H2,1-4H3/t61-/m0/s1. The van der Waals surface area contributed by atoms with Crippen molar-refractivity contribution in [1.29, 1.82) is 0 Å². The number of carbonyl (C=O) groups is 3. The molecule has 0 N–H and O–H groups in total. The van der Waals surface area contributed by atoms with E-state index in [0.29, 0.717) is 19.3 Å². The van der Waals surface area contributed by atoms with Crippen LogP contribution in [0, 0.1) is 5.92 Å². The third-order valence-corrected chi connectivity index (χ3v) is 14.8. The molecule has 0 heterocycles. The smallest absolute Gasteiger partial charge is 0.306 e. The molecule has 6 nitrogen and oxygen atoms in total. The maximum absolute atomic E-state index is 12.9. The summed E-state index contributed by atoms with van der Waals surface area (Å²) in [6.07, 6.45) is 65.3. The summed E-state index contributed by atoms with van der Waals surface area (Å²) < 4.78 is 17.0. The molecule has 0 aliphatic rings. The molecule has 0 fully saturated rings. The minimum absolute atomic E-state index is 0.0612. The lowest BCUT2D eigenvalue weighted by Gasteiger charge is -2.18. The van der Waals surface area contributed by atoms with Crippen LogP contribution in [0.15, 0.2) is 0 Å². The maximum Gasteiger partial charge on any atom is 0.306 e. The fraction of sp³-hybridized carbons (Fsp3) is 0.953. The topological polar surface area (TPSA) is 78.9 Å². The Labute approximate surface area is 438 Å². The average molecular weight is 990 g/mol. The van der Waals surface area contributed by atoms with E-state index in [2.05, 4.69) is 27.7 Å². The number of hydrogen-bond acceptors (Lipinski definition) is 6. The van der Waals surface area contributed by atoms with Crippen molar-refractivity contribution >= 4 is 17.9 Å². The Morgan fingerprint density at radius 1 is 0.271 bits per heavy atom. The minimum atomic E-state index is -0.763. The lowest BCUT2D eigenvalue weighted by atomic mass is 10.0. The molecule has 0 saturated carbocycles. The Bertz CT molecular complexity index is 1060. The van der Waals surface area contributed by atoms with Crippen LogP contribution in [-0.2, 0) is 28.6 Å². The largest absolute Gasteiger partial charge is 0.462 e. The van der Waals surface area contributed by atoms with Gasteiger partial charge in [0.1, 0.15) is 13.2 Å². The highest BCUT2D eigenvalue weighted by atomic mass is 16.6. The molecule has 0 saturated heterocycles. The molecule has 0 spiro atoms. The van der Waals surface area contributed by atoms with Crippen molar-refractivity contribution in [3.63, 3.8) is 0 Å². The molecule has 0 unspecified atom stereocenters. The number of unbranched alkanes of at least 4 members (excludes halogenated alkanes) is 46. The molecule has 416 valence electrons. The highest BCUT2D eigenvalue weighted by Crippen LogP contribution is 2.19. The van der Waals surface area contributed by atoms with Gasteiger partial charge in [0.25, 0.3) is 0 Å². The Kier molecular flexibility index (Phi) is 57.0. The molecule has 0 aliphatic carbocycles. The van der Waals surface area contributed by atoms with E-state index in [4.69, 9.17) is 14.2 Å². The second-order valence-corrected chi connectivity index (χ2v) is 22.5. The van der Waals surface area contributed by atoms with E-state index in [9.17, 15) is 14.4 Å². The number of ether oxygens (including phenoxy) is 3. The second kappa shape index (κ2) is 58.3. The summed E-state index contributed by atoms with van der Waals surface area (Å²) in [5, 5.41) is 0. The predicted molar refractivity (Wildman–Crippen MR) is 303 cm³/mol. The highest BCUT2D eigenvalue weighted by molar-refractivity contribution is 5.71. The summed E-state index contributed by atoms with van der Waals surface area (Å²) in [6, 6.07) is 0. The molecular formula is C64H124O6. The van der Waals surface area contributed by atoms with E-state index in [1.54, 1.807) is 0 Å². The van der Waals surface area contributed by atoms with Crippen molar-refractivity contribution in [3.05, 3.63) is 0 Å². The van der Waals surface area contributed by atoms with Crippen molar-refractivity contribution in [2.45, 2.75) is 374 Å². The maximum atomic E-state index is 12.9. The van der Waals surface area contributed by atoms with Gasteiger partial charge in [-0.1, -0.05) is 329 Å². The van der Waals surface area contributed by atoms with Gasteiger partial charge in [0.15, 0.2) is 6.10 Å². The third-order valence-electron chi connectivity index (χ3n) is 14.8. The first-order valence-corrected chi connectivity index (χ1v) is 31.9. The van der Waals surface area contributed by atoms with Crippen LogP contribution in [0.4, 0.5) is 0 Å². The summed E-state index contributed by atoms with van der Waals surface area (Å²) in [5.41, 5.74) is 0. The Morgan fingerprint density at radius 2 is 0.471 bits per heavy atom. The summed E-state index contributed by atoms with van der Waals surface area (Å²) in [4.78, 5) is 38.3. The van der Waals surface area contributed by atoms with Crippen LogP contribution in [0.25, 0.3) is 0 Å². The van der Waals surface area contributed by atoms with Crippen LogP contribution in [0.1, 0.15) is 368 Å². The van der Waals surface area contributed by atoms with Gasteiger partial charge in [-0.05, 0) is 25.2 Å². The van der Waals surface area contributed by atoms with Gasteiger partial charge in [-0.25, -0.2) is 0 Å². The highest BCUT2D eigenvalue weighted by Gasteiger charge is 2.19. The van der Waals surface area contributed by atoms with Gasteiger partial charge in [0.05, 0.1) is 0 Å².